The number of aromatic amines is 1. The molecule has 0 amide bonds. The molecule has 0 saturated carbocycles. The van der Waals surface area contributed by atoms with Crippen LogP contribution >= 0.6 is 0 Å². The first-order chi connectivity index (χ1) is 17.8. The standard InChI is InChI=1S/C28H30N8/c1-2-3-9-18-36-27(30-26(33-36)17-14-21-10-5-4-6-11-21)19-23-16-15-22(20-29-23)24-12-7-8-13-25(24)28-31-34-35-32-28/h4-8,10-13,15-16,20H,2-3,9,14,17-19H2,1H3,(H,31,32,34,35). The molecular formula is C28H30N8. The highest BCUT2D eigenvalue weighted by Crippen LogP contribution is 2.29. The number of tetrazole rings is 1. The lowest BCUT2D eigenvalue weighted by molar-refractivity contribution is 0.530. The predicted octanol–water partition coefficient (Wildman–Crippen LogP) is 5.09. The number of hydrogen-bond acceptors (Lipinski definition) is 6. The maximum absolute atomic E-state index is 4.91. The third-order valence-corrected chi connectivity index (χ3v) is 6.23. The summed E-state index contributed by atoms with van der Waals surface area (Å²) >= 11 is 0. The summed E-state index contributed by atoms with van der Waals surface area (Å²) in [7, 11) is 0. The van der Waals surface area contributed by atoms with Gasteiger partial charge >= 0.3 is 0 Å². The van der Waals surface area contributed by atoms with E-state index >= 15 is 0 Å². The zero-order chi connectivity index (χ0) is 24.6. The fraction of sp³-hybridized carbons (Fsp3) is 0.286. The second-order valence-electron chi connectivity index (χ2n) is 8.86. The van der Waals surface area contributed by atoms with Crippen molar-refractivity contribution in [3.63, 3.8) is 0 Å². The molecule has 36 heavy (non-hydrogen) atoms. The van der Waals surface area contributed by atoms with Gasteiger partial charge in [0.1, 0.15) is 5.82 Å². The molecule has 1 N–H and O–H groups in total. The number of aromatic nitrogens is 8. The molecule has 0 aliphatic rings. The molecule has 5 rings (SSSR count). The molecule has 8 nitrogen and oxygen atoms in total. The number of nitrogens with one attached hydrogen (secondary N) is 1. The number of aryl methyl sites for hydroxylation is 3. The highest BCUT2D eigenvalue weighted by Gasteiger charge is 2.14. The van der Waals surface area contributed by atoms with Crippen LogP contribution in [0.15, 0.2) is 72.9 Å². The van der Waals surface area contributed by atoms with E-state index < -0.39 is 0 Å². The summed E-state index contributed by atoms with van der Waals surface area (Å²) in [6, 6.07) is 22.7. The Morgan fingerprint density at radius 2 is 1.69 bits per heavy atom. The van der Waals surface area contributed by atoms with Crippen LogP contribution in [0.4, 0.5) is 0 Å². The largest absolute Gasteiger partial charge is 0.260 e. The van der Waals surface area contributed by atoms with Crippen LogP contribution in [0.2, 0.25) is 0 Å². The van der Waals surface area contributed by atoms with Crippen LogP contribution in [0, 0.1) is 0 Å². The van der Waals surface area contributed by atoms with Crippen LogP contribution in [0.5, 0.6) is 0 Å². The SMILES string of the molecule is CCCCCn1nc(CCc2ccccc2)nc1Cc1ccc(-c2ccccc2-c2nn[nH]n2)cn1. The van der Waals surface area contributed by atoms with Crippen LogP contribution in [0.1, 0.15) is 49.1 Å². The molecule has 3 aromatic heterocycles. The van der Waals surface area contributed by atoms with E-state index in [0.29, 0.717) is 12.2 Å². The van der Waals surface area contributed by atoms with Crippen LogP contribution in [0.25, 0.3) is 22.5 Å². The Morgan fingerprint density at radius 1 is 0.861 bits per heavy atom. The third kappa shape index (κ3) is 5.71. The molecule has 2 aromatic carbocycles. The summed E-state index contributed by atoms with van der Waals surface area (Å²) in [5.41, 5.74) is 5.21. The monoisotopic (exact) mass is 478 g/mol. The molecule has 0 aliphatic carbocycles. The second-order valence-corrected chi connectivity index (χ2v) is 8.86. The van der Waals surface area contributed by atoms with Crippen molar-refractivity contribution in [2.75, 3.05) is 0 Å². The Labute approximate surface area is 210 Å². The van der Waals surface area contributed by atoms with E-state index in [1.54, 1.807) is 0 Å². The number of unbranched alkanes of at least 4 members (excludes halogenated alkanes) is 2. The summed E-state index contributed by atoms with van der Waals surface area (Å²) in [6.07, 6.45) is 7.79. The van der Waals surface area contributed by atoms with Gasteiger partial charge in [0, 0.05) is 42.4 Å². The van der Waals surface area contributed by atoms with Crippen LogP contribution in [0.3, 0.4) is 0 Å². The van der Waals surface area contributed by atoms with Crippen LogP contribution in [-0.4, -0.2) is 40.4 Å². The highest BCUT2D eigenvalue weighted by molar-refractivity contribution is 5.79. The highest BCUT2D eigenvalue weighted by atomic mass is 15.5. The summed E-state index contributed by atoms with van der Waals surface area (Å²) in [6.45, 7) is 3.10. The smallest absolute Gasteiger partial charge is 0.205 e. The van der Waals surface area contributed by atoms with Gasteiger partial charge in [-0.15, -0.1) is 10.2 Å². The summed E-state index contributed by atoms with van der Waals surface area (Å²) in [5, 5.41) is 19.3. The van der Waals surface area contributed by atoms with Crippen LogP contribution in [-0.2, 0) is 25.8 Å². The topological polar surface area (TPSA) is 98.1 Å². The number of rotatable bonds is 11. The zero-order valence-electron chi connectivity index (χ0n) is 20.5. The van der Waals surface area contributed by atoms with E-state index in [4.69, 9.17) is 15.1 Å². The molecule has 5 aromatic rings. The number of pyridine rings is 1. The number of hydrogen-bond donors (Lipinski definition) is 1. The van der Waals surface area contributed by atoms with Crippen molar-refractivity contribution in [1.29, 1.82) is 0 Å². The minimum atomic E-state index is 0.567. The quantitative estimate of drug-likeness (QED) is 0.266. The molecule has 0 fully saturated rings. The van der Waals surface area contributed by atoms with Crippen molar-refractivity contribution < 1.29 is 0 Å². The van der Waals surface area contributed by atoms with Crippen LogP contribution < -0.4 is 0 Å². The Kier molecular flexibility index (Phi) is 7.51. The maximum atomic E-state index is 4.91. The number of nitrogens with zero attached hydrogens (tertiary/aromatic N) is 7. The molecular weight excluding hydrogens is 448 g/mol. The van der Waals surface area contributed by atoms with Gasteiger partial charge < -0.3 is 0 Å². The first kappa shape index (κ1) is 23.5. The first-order valence-electron chi connectivity index (χ1n) is 12.5. The third-order valence-electron chi connectivity index (χ3n) is 6.23. The fourth-order valence-electron chi connectivity index (χ4n) is 4.31. The van der Waals surface area contributed by atoms with E-state index in [0.717, 1.165) is 59.8 Å². The van der Waals surface area contributed by atoms with Gasteiger partial charge in [0.05, 0.1) is 0 Å². The predicted molar refractivity (Wildman–Crippen MR) is 139 cm³/mol. The van der Waals surface area contributed by atoms with Crippen molar-refractivity contribution in [3.05, 3.63) is 95.8 Å². The average Bonchev–Trinajstić information content (AvgIpc) is 3.59. The minimum absolute atomic E-state index is 0.567. The Bertz CT molecular complexity index is 1360. The molecule has 0 bridgehead atoms. The Morgan fingerprint density at radius 3 is 2.44 bits per heavy atom. The summed E-state index contributed by atoms with van der Waals surface area (Å²) in [4.78, 5) is 9.68. The molecule has 0 unspecified atom stereocenters. The molecule has 0 spiro atoms. The van der Waals surface area contributed by atoms with Gasteiger partial charge in [0.2, 0.25) is 5.82 Å². The second kappa shape index (κ2) is 11.5. The lowest BCUT2D eigenvalue weighted by Crippen LogP contribution is -2.07. The van der Waals surface area contributed by atoms with E-state index in [-0.39, 0.29) is 0 Å². The molecule has 182 valence electrons. The van der Waals surface area contributed by atoms with E-state index in [2.05, 4.69) is 68.6 Å². The lowest BCUT2D eigenvalue weighted by atomic mass is 10.0. The Hall–Kier alpha value is -4.20. The lowest BCUT2D eigenvalue weighted by Gasteiger charge is -2.08. The average molecular weight is 479 g/mol. The van der Waals surface area contributed by atoms with Gasteiger partial charge in [-0.05, 0) is 35.2 Å². The summed E-state index contributed by atoms with van der Waals surface area (Å²) in [5.74, 6) is 2.44. The van der Waals surface area contributed by atoms with E-state index in [1.807, 2.05) is 36.5 Å². The molecule has 0 radical (unpaired) electrons. The van der Waals surface area contributed by atoms with E-state index in [1.165, 1.54) is 18.4 Å². The first-order valence-corrected chi connectivity index (χ1v) is 12.5. The molecule has 3 heterocycles. The van der Waals surface area contributed by atoms with Gasteiger partial charge in [-0.25, -0.2) is 9.67 Å². The van der Waals surface area contributed by atoms with E-state index in [9.17, 15) is 0 Å². The number of benzene rings is 2. The molecule has 0 atom stereocenters. The molecule has 8 heteroatoms. The zero-order valence-corrected chi connectivity index (χ0v) is 20.5. The molecule has 0 saturated heterocycles. The fourth-order valence-corrected chi connectivity index (χ4v) is 4.31. The molecule has 0 aliphatic heterocycles. The number of H-pyrrole nitrogens is 1. The normalized spacial score (nSPS) is 11.1. The minimum Gasteiger partial charge on any atom is -0.260 e. The van der Waals surface area contributed by atoms with Gasteiger partial charge in [0.15, 0.2) is 5.82 Å². The Balaban J connectivity index is 1.33. The van der Waals surface area contributed by atoms with Crippen molar-refractivity contribution in [1.82, 2.24) is 40.4 Å². The maximum Gasteiger partial charge on any atom is 0.205 e. The summed E-state index contributed by atoms with van der Waals surface area (Å²) < 4.78 is 2.08. The van der Waals surface area contributed by atoms with Crippen molar-refractivity contribution >= 4 is 0 Å². The van der Waals surface area contributed by atoms with Gasteiger partial charge in [-0.1, -0.05) is 80.4 Å². The van der Waals surface area contributed by atoms with Gasteiger partial charge in [-0.3, -0.25) is 4.98 Å². The van der Waals surface area contributed by atoms with Crippen molar-refractivity contribution in [3.8, 4) is 22.5 Å². The van der Waals surface area contributed by atoms with Gasteiger partial charge in [-0.2, -0.15) is 10.3 Å². The van der Waals surface area contributed by atoms with Crippen molar-refractivity contribution in [2.45, 2.75) is 52.0 Å². The van der Waals surface area contributed by atoms with Gasteiger partial charge in [0.25, 0.3) is 0 Å². The van der Waals surface area contributed by atoms with Crippen molar-refractivity contribution in [2.24, 2.45) is 0 Å².